The smallest absolute Gasteiger partial charge is 0.269 e. The number of hydrogen-bond donors (Lipinski definition) is 1. The molecule has 1 saturated carbocycles. The largest absolute Gasteiger partial charge is 0.334 e. The van der Waals surface area contributed by atoms with Crippen LogP contribution >= 0.6 is 23.5 Å². The monoisotopic (exact) mass is 426 g/mol. The van der Waals surface area contributed by atoms with E-state index in [-0.39, 0.29) is 11.9 Å². The molecular weight excluding hydrogens is 404 g/mol. The van der Waals surface area contributed by atoms with Crippen LogP contribution in [0.5, 0.6) is 0 Å². The van der Waals surface area contributed by atoms with E-state index in [1.54, 1.807) is 11.8 Å². The van der Waals surface area contributed by atoms with Gasteiger partial charge in [0.15, 0.2) is 5.17 Å². The fourth-order valence-corrected chi connectivity index (χ4v) is 6.55. The number of amidine groups is 1. The summed E-state index contributed by atoms with van der Waals surface area (Å²) in [5.74, 6) is 0.496. The van der Waals surface area contributed by atoms with Gasteiger partial charge in [0.1, 0.15) is 16.3 Å². The number of aliphatic imine (C=N–C) groups is 1. The Hall–Kier alpha value is -2.26. The number of amides is 1. The topological polar surface area (TPSA) is 77.5 Å². The van der Waals surface area contributed by atoms with Crippen molar-refractivity contribution in [3.63, 3.8) is 0 Å². The van der Waals surface area contributed by atoms with Crippen molar-refractivity contribution in [1.82, 2.24) is 20.1 Å². The second-order valence-electron chi connectivity index (χ2n) is 7.22. The number of carbonyl (C=O) groups is 1. The number of carbonyl (C=O) groups excluding carboxylic acids is 1. The Morgan fingerprint density at radius 3 is 2.79 bits per heavy atom. The quantitative estimate of drug-likeness (QED) is 0.728. The number of H-pyrrole nitrogens is 1. The van der Waals surface area contributed by atoms with Crippen LogP contribution in [0.15, 0.2) is 50.4 Å². The molecule has 5 rings (SSSR count). The van der Waals surface area contributed by atoms with Gasteiger partial charge in [0, 0.05) is 17.5 Å². The van der Waals surface area contributed by atoms with Crippen molar-refractivity contribution in [3.05, 3.63) is 40.5 Å². The zero-order chi connectivity index (χ0) is 19.8. The average molecular weight is 427 g/mol. The van der Waals surface area contributed by atoms with Crippen molar-refractivity contribution in [2.75, 3.05) is 11.4 Å². The van der Waals surface area contributed by atoms with E-state index in [1.807, 2.05) is 17.0 Å². The first kappa shape index (κ1) is 18.7. The van der Waals surface area contributed by atoms with Crippen molar-refractivity contribution < 1.29 is 4.79 Å². The summed E-state index contributed by atoms with van der Waals surface area (Å²) in [6.45, 7) is 2.93. The van der Waals surface area contributed by atoms with E-state index in [2.05, 4.69) is 44.1 Å². The Kier molecular flexibility index (Phi) is 5.09. The molecule has 3 heterocycles. The molecular formula is C20H22N6OS2. The van der Waals surface area contributed by atoms with Crippen molar-refractivity contribution in [3.8, 4) is 0 Å². The molecule has 2 aliphatic heterocycles. The number of rotatable bonds is 3. The summed E-state index contributed by atoms with van der Waals surface area (Å²) in [5, 5.41) is 8.39. The Morgan fingerprint density at radius 1 is 1.21 bits per heavy atom. The number of nitrogens with zero attached hydrogens (tertiary/aromatic N) is 5. The van der Waals surface area contributed by atoms with Gasteiger partial charge < -0.3 is 4.90 Å². The highest BCUT2D eigenvalue weighted by Gasteiger charge is 2.43. The fourth-order valence-electron chi connectivity index (χ4n) is 4.11. The molecule has 1 amide bonds. The Balaban J connectivity index is 1.56. The molecule has 1 aromatic heterocycles. The average Bonchev–Trinajstić information content (AvgIpc) is 3.46. The van der Waals surface area contributed by atoms with Gasteiger partial charge in [0.2, 0.25) is 5.95 Å². The first-order chi connectivity index (χ1) is 14.3. The van der Waals surface area contributed by atoms with Gasteiger partial charge in [0.05, 0.1) is 5.69 Å². The summed E-state index contributed by atoms with van der Waals surface area (Å²) < 4.78 is 0. The normalized spacial score (nSPS) is 24.0. The fraction of sp³-hybridized carbons (Fsp3) is 0.400. The minimum Gasteiger partial charge on any atom is -0.334 e. The van der Waals surface area contributed by atoms with Crippen molar-refractivity contribution >= 4 is 46.2 Å². The summed E-state index contributed by atoms with van der Waals surface area (Å²) in [5.41, 5.74) is 1.17. The molecule has 29 heavy (non-hydrogen) atoms. The SMILES string of the molecule is CCN1/C(=C2/S/C(=N\c3ncn[nH]3)N(C3CCCCC3)C2=O)Sc2ccccc21. The molecule has 1 N–H and O–H groups in total. The van der Waals surface area contributed by atoms with Crippen LogP contribution in [0.25, 0.3) is 0 Å². The van der Waals surface area contributed by atoms with Crippen LogP contribution in [0.1, 0.15) is 39.0 Å². The Morgan fingerprint density at radius 2 is 2.03 bits per heavy atom. The maximum absolute atomic E-state index is 13.6. The van der Waals surface area contributed by atoms with Gasteiger partial charge in [-0.15, -0.1) is 0 Å². The van der Waals surface area contributed by atoms with Crippen LogP contribution in [0.2, 0.25) is 0 Å². The Labute approximate surface area is 178 Å². The minimum absolute atomic E-state index is 0.0638. The molecule has 2 aromatic rings. The molecule has 1 aromatic carbocycles. The lowest BCUT2D eigenvalue weighted by atomic mass is 9.94. The molecule has 0 atom stereocenters. The van der Waals surface area contributed by atoms with Gasteiger partial charge in [-0.3, -0.25) is 9.69 Å². The molecule has 7 nitrogen and oxygen atoms in total. The van der Waals surface area contributed by atoms with Gasteiger partial charge >= 0.3 is 0 Å². The summed E-state index contributed by atoms with van der Waals surface area (Å²) in [7, 11) is 0. The molecule has 1 aliphatic carbocycles. The van der Waals surface area contributed by atoms with Crippen molar-refractivity contribution in [1.29, 1.82) is 0 Å². The number of para-hydroxylation sites is 1. The van der Waals surface area contributed by atoms with Gasteiger partial charge in [-0.1, -0.05) is 43.2 Å². The zero-order valence-corrected chi connectivity index (χ0v) is 17.8. The second-order valence-corrected chi connectivity index (χ2v) is 9.23. The van der Waals surface area contributed by atoms with Gasteiger partial charge in [-0.05, 0) is 43.7 Å². The van der Waals surface area contributed by atoms with Crippen LogP contribution in [0, 0.1) is 0 Å². The van der Waals surface area contributed by atoms with Gasteiger partial charge in [-0.25, -0.2) is 5.10 Å². The summed E-state index contributed by atoms with van der Waals surface area (Å²) in [6, 6.07) is 8.52. The highest BCUT2D eigenvalue weighted by molar-refractivity contribution is 8.19. The van der Waals surface area contributed by atoms with Crippen LogP contribution in [-0.4, -0.2) is 43.7 Å². The number of benzene rings is 1. The van der Waals surface area contributed by atoms with Gasteiger partial charge in [0.25, 0.3) is 5.91 Å². The molecule has 0 unspecified atom stereocenters. The zero-order valence-electron chi connectivity index (χ0n) is 16.2. The highest BCUT2D eigenvalue weighted by Crippen LogP contribution is 2.51. The van der Waals surface area contributed by atoms with Gasteiger partial charge in [-0.2, -0.15) is 15.1 Å². The van der Waals surface area contributed by atoms with Crippen molar-refractivity contribution in [2.45, 2.75) is 50.0 Å². The molecule has 0 bridgehead atoms. The molecule has 3 aliphatic rings. The standard InChI is InChI=1S/C20H22N6OS2/c1-2-25-14-10-6-7-11-15(14)28-18(25)16-17(27)26(13-8-4-3-5-9-13)20(29-16)23-19-21-12-22-24-19/h6-7,10-13H,2-5,8-9H2,1H3,(H,21,22,24)/b18-16-,23-20-. The van der Waals surface area contributed by atoms with Crippen LogP contribution in [0.4, 0.5) is 11.6 Å². The molecule has 150 valence electrons. The van der Waals surface area contributed by atoms with E-state index >= 15 is 0 Å². The van der Waals surface area contributed by atoms with Crippen LogP contribution < -0.4 is 4.90 Å². The third kappa shape index (κ3) is 3.36. The molecule has 2 fully saturated rings. The van der Waals surface area contributed by atoms with E-state index in [0.717, 1.165) is 42.2 Å². The number of nitrogens with one attached hydrogen (secondary N) is 1. The number of aromatic amines is 1. The molecule has 9 heteroatoms. The lowest BCUT2D eigenvalue weighted by molar-refractivity contribution is -0.124. The maximum atomic E-state index is 13.6. The number of thioether (sulfide) groups is 2. The van der Waals surface area contributed by atoms with E-state index in [0.29, 0.717) is 11.1 Å². The molecule has 0 radical (unpaired) electrons. The first-order valence-corrected chi connectivity index (χ1v) is 11.6. The third-order valence-corrected chi connectivity index (χ3v) is 7.83. The number of hydrogen-bond acceptors (Lipinski definition) is 7. The number of anilines is 1. The minimum atomic E-state index is 0.0638. The van der Waals surface area contributed by atoms with E-state index in [4.69, 9.17) is 0 Å². The molecule has 0 spiro atoms. The van der Waals surface area contributed by atoms with E-state index in [9.17, 15) is 4.79 Å². The van der Waals surface area contributed by atoms with Crippen molar-refractivity contribution in [2.24, 2.45) is 4.99 Å². The lowest BCUT2D eigenvalue weighted by Gasteiger charge is -2.30. The van der Waals surface area contributed by atoms with E-state index in [1.165, 1.54) is 35.1 Å². The summed E-state index contributed by atoms with van der Waals surface area (Å²) in [6.07, 6.45) is 7.03. The maximum Gasteiger partial charge on any atom is 0.269 e. The summed E-state index contributed by atoms with van der Waals surface area (Å²) in [4.78, 5) is 28.5. The number of aromatic nitrogens is 3. The van der Waals surface area contributed by atoms with Crippen LogP contribution in [-0.2, 0) is 4.79 Å². The van der Waals surface area contributed by atoms with E-state index < -0.39 is 0 Å². The highest BCUT2D eigenvalue weighted by atomic mass is 32.2. The molecule has 1 saturated heterocycles. The Bertz CT molecular complexity index is 981. The lowest BCUT2D eigenvalue weighted by Crippen LogP contribution is -2.40. The predicted octanol–water partition coefficient (Wildman–Crippen LogP) is 4.50. The first-order valence-electron chi connectivity index (χ1n) is 10.0. The third-order valence-electron chi connectivity index (χ3n) is 5.47. The number of fused-ring (bicyclic) bond motifs is 1. The summed E-state index contributed by atoms with van der Waals surface area (Å²) >= 11 is 3.14. The second kappa shape index (κ2) is 7.87. The van der Waals surface area contributed by atoms with Crippen LogP contribution in [0.3, 0.4) is 0 Å². The predicted molar refractivity (Wildman–Crippen MR) is 117 cm³/mol.